The zero-order valence-corrected chi connectivity index (χ0v) is 19.8. The molecule has 35 heavy (non-hydrogen) atoms. The molecule has 0 aliphatic carbocycles. The minimum absolute atomic E-state index is 0.0878. The van der Waals surface area contributed by atoms with Crippen LogP contribution in [0.4, 0.5) is 0 Å². The SMILES string of the molecule is CCOc1ccc(-c2noc(CCC(=O)NC(C)c3ccc(OCc4cccnc4)cc3)n2)cc1. The van der Waals surface area contributed by atoms with Gasteiger partial charge in [0, 0.05) is 36.4 Å². The van der Waals surface area contributed by atoms with Crippen molar-refractivity contribution in [3.63, 3.8) is 0 Å². The number of nitrogens with one attached hydrogen (secondary N) is 1. The van der Waals surface area contributed by atoms with Gasteiger partial charge < -0.3 is 19.3 Å². The van der Waals surface area contributed by atoms with Gasteiger partial charge in [0.15, 0.2) is 0 Å². The van der Waals surface area contributed by atoms with Crippen molar-refractivity contribution in [2.45, 2.75) is 39.3 Å². The third kappa shape index (κ3) is 6.89. The van der Waals surface area contributed by atoms with E-state index in [-0.39, 0.29) is 18.4 Å². The number of hydrogen-bond donors (Lipinski definition) is 1. The average molecular weight is 473 g/mol. The van der Waals surface area contributed by atoms with Crippen molar-refractivity contribution < 1.29 is 18.8 Å². The highest BCUT2D eigenvalue weighted by Gasteiger charge is 2.13. The number of hydrogen-bond acceptors (Lipinski definition) is 7. The lowest BCUT2D eigenvalue weighted by Crippen LogP contribution is -2.26. The van der Waals surface area contributed by atoms with Gasteiger partial charge in [-0.25, -0.2) is 0 Å². The number of aromatic nitrogens is 3. The van der Waals surface area contributed by atoms with Gasteiger partial charge >= 0.3 is 0 Å². The number of carbonyl (C=O) groups excluding carboxylic acids is 1. The van der Waals surface area contributed by atoms with E-state index in [2.05, 4.69) is 20.4 Å². The lowest BCUT2D eigenvalue weighted by molar-refractivity contribution is -0.121. The third-order valence-corrected chi connectivity index (χ3v) is 5.34. The highest BCUT2D eigenvalue weighted by molar-refractivity contribution is 5.76. The molecule has 1 amide bonds. The summed E-state index contributed by atoms with van der Waals surface area (Å²) < 4.78 is 16.6. The fourth-order valence-corrected chi connectivity index (χ4v) is 3.46. The van der Waals surface area contributed by atoms with E-state index in [1.54, 1.807) is 12.4 Å². The molecule has 2 heterocycles. The Morgan fingerprint density at radius 2 is 1.77 bits per heavy atom. The predicted octanol–water partition coefficient (Wildman–Crippen LogP) is 4.92. The molecule has 0 bridgehead atoms. The fourth-order valence-electron chi connectivity index (χ4n) is 3.46. The van der Waals surface area contributed by atoms with E-state index in [0.717, 1.165) is 28.2 Å². The van der Waals surface area contributed by atoms with Crippen LogP contribution >= 0.6 is 0 Å². The van der Waals surface area contributed by atoms with Crippen LogP contribution in [0.25, 0.3) is 11.4 Å². The Hall–Kier alpha value is -4.20. The van der Waals surface area contributed by atoms with E-state index in [1.165, 1.54) is 0 Å². The van der Waals surface area contributed by atoms with Crippen LogP contribution in [-0.4, -0.2) is 27.6 Å². The minimum atomic E-state index is -0.142. The summed E-state index contributed by atoms with van der Waals surface area (Å²) in [5, 5.41) is 7.03. The standard InChI is InChI=1S/C27H28N4O4/c1-3-33-23-12-8-22(9-13-23)27-30-26(35-31-27)15-14-25(32)29-19(2)21-6-10-24(11-7-21)34-18-20-5-4-16-28-17-20/h4-13,16-17,19H,3,14-15,18H2,1-2H3,(H,29,32). The zero-order valence-electron chi connectivity index (χ0n) is 19.8. The van der Waals surface area contributed by atoms with Crippen LogP contribution < -0.4 is 14.8 Å². The lowest BCUT2D eigenvalue weighted by Gasteiger charge is -2.15. The van der Waals surface area contributed by atoms with Crippen LogP contribution in [-0.2, 0) is 17.8 Å². The molecule has 1 N–H and O–H groups in total. The molecular formula is C27H28N4O4. The second kappa shape index (κ2) is 11.8. The average Bonchev–Trinajstić information content (AvgIpc) is 3.37. The van der Waals surface area contributed by atoms with Crippen LogP contribution in [0.1, 0.15) is 43.3 Å². The van der Waals surface area contributed by atoms with E-state index in [9.17, 15) is 4.79 Å². The second-order valence-corrected chi connectivity index (χ2v) is 7.98. The van der Waals surface area contributed by atoms with Crippen LogP contribution in [0, 0.1) is 0 Å². The van der Waals surface area contributed by atoms with Crippen molar-refractivity contribution in [1.82, 2.24) is 20.4 Å². The van der Waals surface area contributed by atoms with E-state index in [4.69, 9.17) is 14.0 Å². The molecular weight excluding hydrogens is 444 g/mol. The summed E-state index contributed by atoms with van der Waals surface area (Å²) in [4.78, 5) is 20.9. The first kappa shape index (κ1) is 23.9. The maximum Gasteiger partial charge on any atom is 0.227 e. The van der Waals surface area contributed by atoms with Crippen LogP contribution in [0.5, 0.6) is 11.5 Å². The monoisotopic (exact) mass is 472 g/mol. The van der Waals surface area contributed by atoms with Gasteiger partial charge in [0.05, 0.1) is 12.6 Å². The van der Waals surface area contributed by atoms with Gasteiger partial charge in [-0.1, -0.05) is 23.4 Å². The van der Waals surface area contributed by atoms with E-state index in [0.29, 0.717) is 31.3 Å². The molecule has 180 valence electrons. The fraction of sp³-hybridized carbons (Fsp3) is 0.259. The Morgan fingerprint density at radius 1 is 1.03 bits per heavy atom. The minimum Gasteiger partial charge on any atom is -0.494 e. The number of nitrogens with zero attached hydrogens (tertiary/aromatic N) is 3. The predicted molar refractivity (Wildman–Crippen MR) is 131 cm³/mol. The lowest BCUT2D eigenvalue weighted by atomic mass is 10.1. The highest BCUT2D eigenvalue weighted by atomic mass is 16.5. The number of carbonyl (C=O) groups is 1. The molecule has 2 aromatic carbocycles. The van der Waals surface area contributed by atoms with Crippen molar-refractivity contribution >= 4 is 5.91 Å². The summed E-state index contributed by atoms with van der Waals surface area (Å²) in [6.07, 6.45) is 4.13. The molecule has 0 spiro atoms. The molecule has 4 rings (SSSR count). The van der Waals surface area contributed by atoms with E-state index >= 15 is 0 Å². The Bertz CT molecular complexity index is 1210. The molecule has 8 heteroatoms. The van der Waals surface area contributed by atoms with Crippen LogP contribution in [0.15, 0.2) is 77.6 Å². The Morgan fingerprint density at radius 3 is 2.49 bits per heavy atom. The summed E-state index contributed by atoms with van der Waals surface area (Å²) in [5.74, 6) is 2.37. The molecule has 2 aromatic heterocycles. The summed E-state index contributed by atoms with van der Waals surface area (Å²) in [7, 11) is 0. The van der Waals surface area contributed by atoms with Gasteiger partial charge in [0.1, 0.15) is 18.1 Å². The molecule has 0 aliphatic rings. The molecule has 0 fully saturated rings. The molecule has 4 aromatic rings. The molecule has 8 nitrogen and oxygen atoms in total. The first-order valence-electron chi connectivity index (χ1n) is 11.6. The second-order valence-electron chi connectivity index (χ2n) is 7.98. The van der Waals surface area contributed by atoms with Crippen LogP contribution in [0.2, 0.25) is 0 Å². The summed E-state index contributed by atoms with van der Waals surface area (Å²) in [5.41, 5.74) is 2.82. The van der Waals surface area contributed by atoms with Gasteiger partial charge in [0.2, 0.25) is 17.6 Å². The Labute approximate surface area is 204 Å². The molecule has 0 saturated heterocycles. The van der Waals surface area contributed by atoms with E-state index in [1.807, 2.05) is 74.5 Å². The number of amides is 1. The number of benzene rings is 2. The largest absolute Gasteiger partial charge is 0.494 e. The number of ether oxygens (including phenoxy) is 2. The normalized spacial score (nSPS) is 11.6. The van der Waals surface area contributed by atoms with Crippen molar-refractivity contribution in [3.8, 4) is 22.9 Å². The zero-order chi connectivity index (χ0) is 24.5. The molecule has 0 radical (unpaired) electrons. The summed E-state index contributed by atoms with van der Waals surface area (Å²) >= 11 is 0. The molecule has 1 atom stereocenters. The van der Waals surface area contributed by atoms with Crippen molar-refractivity contribution in [1.29, 1.82) is 0 Å². The van der Waals surface area contributed by atoms with Crippen molar-refractivity contribution in [2.24, 2.45) is 0 Å². The molecule has 0 aliphatic heterocycles. The molecule has 1 unspecified atom stereocenters. The summed E-state index contributed by atoms with van der Waals surface area (Å²) in [6, 6.07) is 18.9. The Kier molecular flexibility index (Phi) is 8.06. The van der Waals surface area contributed by atoms with Crippen molar-refractivity contribution in [2.75, 3.05) is 6.61 Å². The topological polar surface area (TPSA) is 99.4 Å². The van der Waals surface area contributed by atoms with Gasteiger partial charge in [-0.2, -0.15) is 4.98 Å². The number of aryl methyl sites for hydroxylation is 1. The van der Waals surface area contributed by atoms with Crippen molar-refractivity contribution in [3.05, 3.63) is 90.1 Å². The Balaban J connectivity index is 1.23. The van der Waals surface area contributed by atoms with Crippen LogP contribution in [0.3, 0.4) is 0 Å². The van der Waals surface area contributed by atoms with E-state index < -0.39 is 0 Å². The van der Waals surface area contributed by atoms with Gasteiger partial charge in [-0.15, -0.1) is 0 Å². The maximum absolute atomic E-state index is 12.5. The maximum atomic E-state index is 12.5. The summed E-state index contributed by atoms with van der Waals surface area (Å²) in [6.45, 7) is 4.95. The quantitative estimate of drug-likeness (QED) is 0.331. The van der Waals surface area contributed by atoms with Gasteiger partial charge in [-0.05, 0) is 61.9 Å². The molecule has 0 saturated carbocycles. The first-order chi connectivity index (χ1) is 17.1. The van der Waals surface area contributed by atoms with Gasteiger partial charge in [0.25, 0.3) is 0 Å². The number of pyridine rings is 1. The smallest absolute Gasteiger partial charge is 0.227 e. The number of rotatable bonds is 11. The third-order valence-electron chi connectivity index (χ3n) is 5.34. The first-order valence-corrected chi connectivity index (χ1v) is 11.6. The highest BCUT2D eigenvalue weighted by Crippen LogP contribution is 2.21. The van der Waals surface area contributed by atoms with Gasteiger partial charge in [-0.3, -0.25) is 9.78 Å².